The van der Waals surface area contributed by atoms with Crippen molar-refractivity contribution in [1.29, 1.82) is 0 Å². The molecule has 0 saturated heterocycles. The van der Waals surface area contributed by atoms with E-state index < -0.39 is 0 Å². The van der Waals surface area contributed by atoms with Crippen LogP contribution in [0.15, 0.2) is 180 Å². The second-order valence-electron chi connectivity index (χ2n) is 13.8. The van der Waals surface area contributed by atoms with Crippen molar-refractivity contribution < 1.29 is 9.15 Å². The number of furan rings is 1. The van der Waals surface area contributed by atoms with E-state index in [0.717, 1.165) is 77.4 Å². The number of nitrogens with zero attached hydrogens (tertiary/aromatic N) is 3. The molecule has 5 heteroatoms. The highest BCUT2D eigenvalue weighted by molar-refractivity contribution is 6.22. The van der Waals surface area contributed by atoms with Crippen molar-refractivity contribution in [2.75, 3.05) is 0 Å². The maximum atomic E-state index is 6.74. The van der Waals surface area contributed by atoms with Gasteiger partial charge in [0.15, 0.2) is 17.5 Å². The SMILES string of the molecule is C1=CC2Oc3cccc(-c4cc5oc6ccccc6c5c5ccccc45)c3C2C(c2nc(-c3ccccc3)nc(-c3ccc(-c4ccccc4)cc3)n2)=C1. The molecule has 2 unspecified atom stereocenters. The molecule has 0 spiro atoms. The van der Waals surface area contributed by atoms with Gasteiger partial charge in [-0.05, 0) is 57.3 Å². The molecule has 0 fully saturated rings. The summed E-state index contributed by atoms with van der Waals surface area (Å²) in [5.74, 6) is 2.60. The summed E-state index contributed by atoms with van der Waals surface area (Å²) in [6.45, 7) is 0. The number of hydrogen-bond acceptors (Lipinski definition) is 5. The molecule has 0 N–H and O–H groups in total. The summed E-state index contributed by atoms with van der Waals surface area (Å²) in [4.78, 5) is 15.4. The molecule has 3 heterocycles. The van der Waals surface area contributed by atoms with E-state index in [4.69, 9.17) is 24.1 Å². The summed E-state index contributed by atoms with van der Waals surface area (Å²) in [5, 5.41) is 4.58. The average molecular weight is 694 g/mol. The minimum Gasteiger partial charge on any atom is -0.485 e. The van der Waals surface area contributed by atoms with Crippen LogP contribution in [-0.2, 0) is 0 Å². The van der Waals surface area contributed by atoms with Crippen molar-refractivity contribution in [3.05, 3.63) is 187 Å². The second kappa shape index (κ2) is 12.2. The lowest BCUT2D eigenvalue weighted by Gasteiger charge is -2.23. The highest BCUT2D eigenvalue weighted by Crippen LogP contribution is 2.53. The van der Waals surface area contributed by atoms with Crippen LogP contribution in [0.2, 0.25) is 0 Å². The van der Waals surface area contributed by atoms with Crippen molar-refractivity contribution in [3.63, 3.8) is 0 Å². The number of aromatic nitrogens is 3. The predicted molar refractivity (Wildman–Crippen MR) is 217 cm³/mol. The van der Waals surface area contributed by atoms with Crippen LogP contribution in [-0.4, -0.2) is 21.1 Å². The van der Waals surface area contributed by atoms with Gasteiger partial charge in [0.25, 0.3) is 0 Å². The van der Waals surface area contributed by atoms with E-state index in [1.54, 1.807) is 0 Å². The summed E-state index contributed by atoms with van der Waals surface area (Å²) in [7, 11) is 0. The van der Waals surface area contributed by atoms with Crippen molar-refractivity contribution in [1.82, 2.24) is 15.0 Å². The van der Waals surface area contributed by atoms with Gasteiger partial charge < -0.3 is 9.15 Å². The molecule has 1 aliphatic carbocycles. The Morgan fingerprint density at radius 2 is 1.07 bits per heavy atom. The Morgan fingerprint density at radius 1 is 0.463 bits per heavy atom. The van der Waals surface area contributed by atoms with Gasteiger partial charge in [-0.1, -0.05) is 152 Å². The molecule has 54 heavy (non-hydrogen) atoms. The van der Waals surface area contributed by atoms with E-state index in [2.05, 4.69) is 127 Å². The second-order valence-corrected chi connectivity index (χ2v) is 13.8. The lowest BCUT2D eigenvalue weighted by molar-refractivity contribution is 0.271. The lowest BCUT2D eigenvalue weighted by atomic mass is 9.80. The van der Waals surface area contributed by atoms with Gasteiger partial charge >= 0.3 is 0 Å². The van der Waals surface area contributed by atoms with Gasteiger partial charge in [-0.3, -0.25) is 0 Å². The summed E-state index contributed by atoms with van der Waals surface area (Å²) in [6.07, 6.45) is 6.13. The number of fused-ring (bicyclic) bond motifs is 8. The molecule has 7 aromatic carbocycles. The van der Waals surface area contributed by atoms with E-state index in [1.165, 1.54) is 5.56 Å². The minimum absolute atomic E-state index is 0.148. The number of para-hydroxylation sites is 1. The largest absolute Gasteiger partial charge is 0.485 e. The van der Waals surface area contributed by atoms with E-state index in [0.29, 0.717) is 17.5 Å². The molecule has 1 aliphatic heterocycles. The fourth-order valence-electron chi connectivity index (χ4n) is 8.25. The smallest absolute Gasteiger partial charge is 0.164 e. The molecule has 11 rings (SSSR count). The standard InChI is InChI=1S/C49H31N3O2/c1-3-13-30(14-4-1)31-25-27-33(28-26-31)48-50-47(32-15-5-2-6-16-32)51-49(52-48)38-21-12-24-42-46(38)45-36(20-11-23-41(45)54-42)39-29-43-44(35-18-8-7-17-34(35)39)37-19-9-10-22-40(37)53-43/h1-29,42,46H. The van der Waals surface area contributed by atoms with Crippen molar-refractivity contribution in [2.24, 2.45) is 0 Å². The highest BCUT2D eigenvalue weighted by Gasteiger charge is 2.40. The molecule has 2 aliphatic rings. The van der Waals surface area contributed by atoms with Crippen LogP contribution < -0.4 is 4.74 Å². The molecule has 0 radical (unpaired) electrons. The molecule has 0 saturated carbocycles. The zero-order valence-electron chi connectivity index (χ0n) is 29.1. The van der Waals surface area contributed by atoms with Crippen molar-refractivity contribution in [2.45, 2.75) is 12.0 Å². The Labute approximate surface area is 311 Å². The van der Waals surface area contributed by atoms with Gasteiger partial charge in [-0.25, -0.2) is 15.0 Å². The van der Waals surface area contributed by atoms with Crippen LogP contribution >= 0.6 is 0 Å². The summed E-state index contributed by atoms with van der Waals surface area (Å²) < 4.78 is 13.2. The molecule has 9 aromatic rings. The number of benzene rings is 7. The predicted octanol–water partition coefficient (Wildman–Crippen LogP) is 12.1. The molecule has 0 amide bonds. The lowest BCUT2D eigenvalue weighted by Crippen LogP contribution is -2.21. The molecular formula is C49H31N3O2. The zero-order valence-corrected chi connectivity index (χ0v) is 29.1. The van der Waals surface area contributed by atoms with Gasteiger partial charge in [0, 0.05) is 33.0 Å². The maximum absolute atomic E-state index is 6.74. The molecule has 0 bridgehead atoms. The van der Waals surface area contributed by atoms with Crippen LogP contribution in [0.25, 0.3) is 83.3 Å². The van der Waals surface area contributed by atoms with Gasteiger partial charge in [0.05, 0.1) is 5.92 Å². The minimum atomic E-state index is -0.215. The Hall–Kier alpha value is -7.11. The van der Waals surface area contributed by atoms with E-state index >= 15 is 0 Å². The van der Waals surface area contributed by atoms with Gasteiger partial charge in [0.2, 0.25) is 0 Å². The average Bonchev–Trinajstić information content (AvgIpc) is 3.83. The van der Waals surface area contributed by atoms with Crippen LogP contribution in [0.3, 0.4) is 0 Å². The zero-order chi connectivity index (χ0) is 35.6. The van der Waals surface area contributed by atoms with Gasteiger partial charge in [-0.2, -0.15) is 0 Å². The van der Waals surface area contributed by atoms with E-state index in [1.807, 2.05) is 48.5 Å². The first-order valence-electron chi connectivity index (χ1n) is 18.3. The third kappa shape index (κ3) is 4.90. The van der Waals surface area contributed by atoms with Crippen LogP contribution in [0.1, 0.15) is 17.3 Å². The summed E-state index contributed by atoms with van der Waals surface area (Å²) in [5.41, 5.74) is 10.2. The first kappa shape index (κ1) is 30.5. The van der Waals surface area contributed by atoms with Gasteiger partial charge in [-0.15, -0.1) is 0 Å². The summed E-state index contributed by atoms with van der Waals surface area (Å²) in [6, 6.07) is 54.5. The fourth-order valence-corrected chi connectivity index (χ4v) is 8.25. The number of hydrogen-bond donors (Lipinski definition) is 0. The monoisotopic (exact) mass is 693 g/mol. The highest BCUT2D eigenvalue weighted by atomic mass is 16.5. The first-order chi connectivity index (χ1) is 26.8. The number of rotatable bonds is 5. The molecule has 254 valence electrons. The Balaban J connectivity index is 1.08. The van der Waals surface area contributed by atoms with Crippen LogP contribution in [0.5, 0.6) is 5.75 Å². The number of ether oxygens (including phenoxy) is 1. The molecule has 5 nitrogen and oxygen atoms in total. The summed E-state index contributed by atoms with van der Waals surface area (Å²) >= 11 is 0. The quantitative estimate of drug-likeness (QED) is 0.180. The Bertz CT molecular complexity index is 2960. The van der Waals surface area contributed by atoms with E-state index in [-0.39, 0.29) is 12.0 Å². The van der Waals surface area contributed by atoms with Crippen molar-refractivity contribution in [3.8, 4) is 50.8 Å². The Kier molecular flexibility index (Phi) is 6.92. The number of allylic oxidation sites excluding steroid dienone is 2. The fraction of sp³-hybridized carbons (Fsp3) is 0.0408. The van der Waals surface area contributed by atoms with E-state index in [9.17, 15) is 0 Å². The van der Waals surface area contributed by atoms with Crippen LogP contribution in [0.4, 0.5) is 0 Å². The van der Waals surface area contributed by atoms with Crippen molar-refractivity contribution >= 4 is 38.3 Å². The van der Waals surface area contributed by atoms with Crippen LogP contribution in [0, 0.1) is 0 Å². The maximum Gasteiger partial charge on any atom is 0.164 e. The third-order valence-electron chi connectivity index (χ3n) is 10.7. The third-order valence-corrected chi connectivity index (χ3v) is 10.7. The Morgan fingerprint density at radius 3 is 1.85 bits per heavy atom. The molecule has 2 aromatic heterocycles. The normalized spacial score (nSPS) is 16.0. The van der Waals surface area contributed by atoms with Gasteiger partial charge in [0.1, 0.15) is 23.0 Å². The topological polar surface area (TPSA) is 61.0 Å². The first-order valence-corrected chi connectivity index (χ1v) is 18.3. The molecule has 2 atom stereocenters. The molecular weight excluding hydrogens is 663 g/mol.